The molecule has 0 atom stereocenters. The van der Waals surface area contributed by atoms with Crippen LogP contribution < -0.4 is 10.1 Å². The third-order valence-corrected chi connectivity index (χ3v) is 4.75. The van der Waals surface area contributed by atoms with Gasteiger partial charge in [0, 0.05) is 5.56 Å². The molecule has 3 aromatic rings. The maximum Gasteiger partial charge on any atom is 0.348 e. The number of amides is 1. The van der Waals surface area contributed by atoms with E-state index in [-0.39, 0.29) is 17.4 Å². The van der Waals surface area contributed by atoms with Gasteiger partial charge in [-0.1, -0.05) is 29.0 Å². The van der Waals surface area contributed by atoms with E-state index >= 15 is 0 Å². The SMILES string of the molecule is CCOC(=O)c1cc(NC(=O)c2ccc(C)cc2)c(Oc2ccc(F)cc2)s1. The van der Waals surface area contributed by atoms with Gasteiger partial charge in [-0.05, 0) is 56.3 Å². The molecule has 1 N–H and O–H groups in total. The summed E-state index contributed by atoms with van der Waals surface area (Å²) in [6.07, 6.45) is 0. The highest BCUT2D eigenvalue weighted by atomic mass is 32.1. The number of ether oxygens (including phenoxy) is 2. The lowest BCUT2D eigenvalue weighted by Crippen LogP contribution is -2.11. The Bertz CT molecular complexity index is 981. The molecule has 0 bridgehead atoms. The number of carbonyl (C=O) groups is 2. The van der Waals surface area contributed by atoms with Crippen molar-refractivity contribution >= 4 is 28.9 Å². The van der Waals surface area contributed by atoms with Crippen molar-refractivity contribution in [2.45, 2.75) is 13.8 Å². The molecular formula is C21H18FNO4S. The van der Waals surface area contributed by atoms with E-state index in [1.165, 1.54) is 30.3 Å². The Kier molecular flexibility index (Phi) is 6.06. The zero-order chi connectivity index (χ0) is 20.1. The highest BCUT2D eigenvalue weighted by molar-refractivity contribution is 7.16. The third kappa shape index (κ3) is 4.75. The average Bonchev–Trinajstić information content (AvgIpc) is 3.07. The fourth-order valence-corrected chi connectivity index (χ4v) is 3.23. The number of nitrogens with one attached hydrogen (secondary N) is 1. The van der Waals surface area contributed by atoms with Gasteiger partial charge < -0.3 is 14.8 Å². The predicted molar refractivity (Wildman–Crippen MR) is 106 cm³/mol. The summed E-state index contributed by atoms with van der Waals surface area (Å²) in [5.41, 5.74) is 1.85. The standard InChI is InChI=1S/C21H18FNO4S/c1-3-26-20(25)18-12-17(23-19(24)14-6-4-13(2)5-7-14)21(28-18)27-16-10-8-15(22)9-11-16/h4-12H,3H2,1-2H3,(H,23,24). The first kappa shape index (κ1) is 19.6. The predicted octanol–water partition coefficient (Wildman–Crippen LogP) is 5.42. The lowest BCUT2D eigenvalue weighted by atomic mass is 10.1. The normalized spacial score (nSPS) is 10.4. The third-order valence-electron chi connectivity index (χ3n) is 3.76. The summed E-state index contributed by atoms with van der Waals surface area (Å²) in [4.78, 5) is 24.9. The molecule has 5 nitrogen and oxygen atoms in total. The van der Waals surface area contributed by atoms with Crippen LogP contribution >= 0.6 is 11.3 Å². The number of anilines is 1. The van der Waals surface area contributed by atoms with Crippen LogP contribution in [-0.2, 0) is 4.74 Å². The topological polar surface area (TPSA) is 64.6 Å². The van der Waals surface area contributed by atoms with Crippen molar-refractivity contribution < 1.29 is 23.5 Å². The van der Waals surface area contributed by atoms with E-state index in [1.54, 1.807) is 19.1 Å². The van der Waals surface area contributed by atoms with E-state index in [4.69, 9.17) is 9.47 Å². The van der Waals surface area contributed by atoms with Gasteiger partial charge in [0.1, 0.15) is 16.4 Å². The zero-order valence-corrected chi connectivity index (χ0v) is 16.1. The summed E-state index contributed by atoms with van der Waals surface area (Å²) in [6, 6.07) is 14.1. The van der Waals surface area contributed by atoms with E-state index in [2.05, 4.69) is 5.32 Å². The van der Waals surface area contributed by atoms with Gasteiger partial charge >= 0.3 is 5.97 Å². The number of rotatable bonds is 6. The van der Waals surface area contributed by atoms with Crippen molar-refractivity contribution in [3.8, 4) is 10.8 Å². The molecule has 7 heteroatoms. The number of aryl methyl sites for hydroxylation is 1. The van der Waals surface area contributed by atoms with Gasteiger partial charge in [0.05, 0.1) is 12.3 Å². The summed E-state index contributed by atoms with van der Waals surface area (Å²) < 4.78 is 23.9. The highest BCUT2D eigenvalue weighted by Gasteiger charge is 2.19. The van der Waals surface area contributed by atoms with Crippen molar-refractivity contribution in [1.29, 1.82) is 0 Å². The second kappa shape index (κ2) is 8.67. The number of hydrogen-bond acceptors (Lipinski definition) is 5. The van der Waals surface area contributed by atoms with Crippen molar-refractivity contribution in [2.75, 3.05) is 11.9 Å². The lowest BCUT2D eigenvalue weighted by molar-refractivity contribution is 0.0532. The quantitative estimate of drug-likeness (QED) is 0.563. The molecule has 0 saturated carbocycles. The van der Waals surface area contributed by atoms with Crippen LogP contribution in [0.15, 0.2) is 54.6 Å². The number of halogens is 1. The molecule has 144 valence electrons. The Hall–Kier alpha value is -3.19. The van der Waals surface area contributed by atoms with E-state index in [1.807, 2.05) is 19.1 Å². The average molecular weight is 399 g/mol. The minimum Gasteiger partial charge on any atom is -0.462 e. The molecule has 0 radical (unpaired) electrons. The Morgan fingerprint density at radius 2 is 1.75 bits per heavy atom. The first-order valence-electron chi connectivity index (χ1n) is 8.58. The molecule has 0 aliphatic heterocycles. The Balaban J connectivity index is 1.88. The molecule has 0 fully saturated rings. The van der Waals surface area contributed by atoms with Crippen LogP contribution in [0.3, 0.4) is 0 Å². The highest BCUT2D eigenvalue weighted by Crippen LogP contribution is 2.39. The molecule has 1 heterocycles. The molecule has 0 aliphatic rings. The first-order valence-corrected chi connectivity index (χ1v) is 9.40. The number of hydrogen-bond donors (Lipinski definition) is 1. The monoisotopic (exact) mass is 399 g/mol. The molecule has 2 aromatic carbocycles. The van der Waals surface area contributed by atoms with Crippen molar-refractivity contribution in [3.05, 3.63) is 76.4 Å². The van der Waals surface area contributed by atoms with Crippen molar-refractivity contribution in [2.24, 2.45) is 0 Å². The summed E-state index contributed by atoms with van der Waals surface area (Å²) >= 11 is 1.04. The Labute approximate surface area is 165 Å². The molecule has 0 aliphatic carbocycles. The Morgan fingerprint density at radius 1 is 1.07 bits per heavy atom. The fourth-order valence-electron chi connectivity index (χ4n) is 2.35. The molecule has 1 aromatic heterocycles. The molecule has 0 saturated heterocycles. The van der Waals surface area contributed by atoms with Crippen LogP contribution in [0.4, 0.5) is 10.1 Å². The number of thiophene rings is 1. The van der Waals surface area contributed by atoms with Gasteiger partial charge in [-0.25, -0.2) is 9.18 Å². The van der Waals surface area contributed by atoms with Gasteiger partial charge in [0.2, 0.25) is 5.06 Å². The maximum atomic E-state index is 13.1. The van der Waals surface area contributed by atoms with Crippen LogP contribution in [-0.4, -0.2) is 18.5 Å². The van der Waals surface area contributed by atoms with Crippen LogP contribution in [0.1, 0.15) is 32.5 Å². The lowest BCUT2D eigenvalue weighted by Gasteiger charge is -2.08. The fraction of sp³-hybridized carbons (Fsp3) is 0.143. The minimum absolute atomic E-state index is 0.232. The molecular weight excluding hydrogens is 381 g/mol. The van der Waals surface area contributed by atoms with Crippen molar-refractivity contribution in [3.63, 3.8) is 0 Å². The molecule has 1 amide bonds. The first-order chi connectivity index (χ1) is 13.5. The van der Waals surface area contributed by atoms with E-state index in [0.717, 1.165) is 16.9 Å². The largest absolute Gasteiger partial charge is 0.462 e. The van der Waals surface area contributed by atoms with Gasteiger partial charge in [0.25, 0.3) is 5.91 Å². The second-order valence-electron chi connectivity index (χ2n) is 5.91. The molecule has 28 heavy (non-hydrogen) atoms. The second-order valence-corrected chi connectivity index (χ2v) is 6.92. The minimum atomic E-state index is -0.507. The zero-order valence-electron chi connectivity index (χ0n) is 15.3. The van der Waals surface area contributed by atoms with Crippen LogP contribution in [0.5, 0.6) is 10.8 Å². The molecule has 0 spiro atoms. The van der Waals surface area contributed by atoms with Crippen molar-refractivity contribution in [1.82, 2.24) is 0 Å². The van der Waals surface area contributed by atoms with Crippen LogP contribution in [0, 0.1) is 12.7 Å². The van der Waals surface area contributed by atoms with Crippen LogP contribution in [0.2, 0.25) is 0 Å². The van der Waals surface area contributed by atoms with Gasteiger partial charge in [-0.15, -0.1) is 0 Å². The van der Waals surface area contributed by atoms with Gasteiger partial charge in [0.15, 0.2) is 0 Å². The molecule has 0 unspecified atom stereocenters. The van der Waals surface area contributed by atoms with E-state index < -0.39 is 11.8 Å². The summed E-state index contributed by atoms with van der Waals surface area (Å²) in [5, 5.41) is 3.06. The van der Waals surface area contributed by atoms with E-state index in [0.29, 0.717) is 22.1 Å². The smallest absolute Gasteiger partial charge is 0.348 e. The maximum absolute atomic E-state index is 13.1. The van der Waals surface area contributed by atoms with Gasteiger partial charge in [-0.2, -0.15) is 0 Å². The molecule has 3 rings (SSSR count). The summed E-state index contributed by atoms with van der Waals surface area (Å²) in [7, 11) is 0. The van der Waals surface area contributed by atoms with Crippen LogP contribution in [0.25, 0.3) is 0 Å². The van der Waals surface area contributed by atoms with E-state index in [9.17, 15) is 14.0 Å². The van der Waals surface area contributed by atoms with Gasteiger partial charge in [-0.3, -0.25) is 4.79 Å². The Morgan fingerprint density at radius 3 is 2.39 bits per heavy atom. The summed E-state index contributed by atoms with van der Waals surface area (Å²) in [5.74, 6) is -0.854. The number of esters is 1. The number of carbonyl (C=O) groups excluding carboxylic acids is 2. The summed E-state index contributed by atoms with van der Waals surface area (Å²) in [6.45, 7) is 3.87. The number of benzene rings is 2.